The van der Waals surface area contributed by atoms with Crippen molar-refractivity contribution >= 4 is 17.7 Å². The third kappa shape index (κ3) is 3.53. The van der Waals surface area contributed by atoms with E-state index in [4.69, 9.17) is 0 Å². The minimum Gasteiger partial charge on any atom is -0.355 e. The molecule has 112 valence electrons. The number of hydrogen-bond acceptors (Lipinski definition) is 4. The van der Waals surface area contributed by atoms with E-state index in [0.29, 0.717) is 12.0 Å². The summed E-state index contributed by atoms with van der Waals surface area (Å²) in [6, 6.07) is 0.538. The topological polar surface area (TPSA) is 59.8 Å². The molecule has 1 saturated carbocycles. The molecule has 0 radical (unpaired) electrons. The lowest BCUT2D eigenvalue weighted by atomic mass is 10.2. The Labute approximate surface area is 124 Å². The van der Waals surface area contributed by atoms with Crippen molar-refractivity contribution in [2.45, 2.75) is 69.3 Å². The Bertz CT molecular complexity index is 468. The number of rotatable bonds is 7. The lowest BCUT2D eigenvalue weighted by Gasteiger charge is -2.14. The molecule has 1 N–H and O–H groups in total. The highest BCUT2D eigenvalue weighted by molar-refractivity contribution is 8.00. The summed E-state index contributed by atoms with van der Waals surface area (Å²) in [5.41, 5.74) is 0. The Morgan fingerprint density at radius 3 is 2.65 bits per heavy atom. The van der Waals surface area contributed by atoms with Crippen molar-refractivity contribution < 1.29 is 4.79 Å². The number of thioether (sulfide) groups is 1. The third-order valence-corrected chi connectivity index (χ3v) is 4.38. The second-order valence-corrected chi connectivity index (χ2v) is 6.96. The Morgan fingerprint density at radius 1 is 1.40 bits per heavy atom. The number of hydrogen-bond donors (Lipinski definition) is 1. The van der Waals surface area contributed by atoms with Gasteiger partial charge in [-0.2, -0.15) is 0 Å². The molecule has 0 bridgehead atoms. The van der Waals surface area contributed by atoms with Gasteiger partial charge in [-0.05, 0) is 26.2 Å². The molecule has 1 aromatic rings. The summed E-state index contributed by atoms with van der Waals surface area (Å²) in [6.45, 7) is 8.98. The van der Waals surface area contributed by atoms with Crippen LogP contribution in [0.1, 0.15) is 64.7 Å². The zero-order chi connectivity index (χ0) is 14.7. The molecule has 1 aliphatic rings. The van der Waals surface area contributed by atoms with Crippen LogP contribution in [-0.4, -0.2) is 32.5 Å². The molecule has 1 aliphatic carbocycles. The fourth-order valence-electron chi connectivity index (χ4n) is 2.04. The van der Waals surface area contributed by atoms with Crippen molar-refractivity contribution in [2.24, 2.45) is 0 Å². The fraction of sp³-hybridized carbons (Fsp3) is 0.786. The largest absolute Gasteiger partial charge is 0.355 e. The molecule has 1 heterocycles. The van der Waals surface area contributed by atoms with Crippen LogP contribution in [0.3, 0.4) is 0 Å². The summed E-state index contributed by atoms with van der Waals surface area (Å²) in [6.07, 6.45) is 3.35. The van der Waals surface area contributed by atoms with Gasteiger partial charge in [0.2, 0.25) is 5.91 Å². The van der Waals surface area contributed by atoms with Gasteiger partial charge in [0.1, 0.15) is 5.82 Å². The first kappa shape index (κ1) is 15.4. The molecule has 0 aliphatic heterocycles. The molecule has 0 aromatic carbocycles. The highest BCUT2D eigenvalue weighted by Gasteiger charge is 2.31. The average molecular weight is 296 g/mol. The first-order chi connectivity index (χ1) is 9.54. The van der Waals surface area contributed by atoms with Gasteiger partial charge < -0.3 is 9.88 Å². The van der Waals surface area contributed by atoms with E-state index in [2.05, 4.69) is 40.9 Å². The highest BCUT2D eigenvalue weighted by Crippen LogP contribution is 2.40. The van der Waals surface area contributed by atoms with Crippen LogP contribution in [0, 0.1) is 0 Å². The molecule has 6 heteroatoms. The Kier molecular flexibility index (Phi) is 5.07. The maximum absolute atomic E-state index is 12.0. The molecule has 20 heavy (non-hydrogen) atoms. The SMILES string of the molecule is CCCNC(=O)C(C)Sc1nnc(C(C)C)n1C1CC1. The van der Waals surface area contributed by atoms with Gasteiger partial charge in [-0.3, -0.25) is 4.79 Å². The van der Waals surface area contributed by atoms with Crippen LogP contribution in [0.2, 0.25) is 0 Å². The number of nitrogens with one attached hydrogen (secondary N) is 1. The van der Waals surface area contributed by atoms with Crippen LogP contribution in [0.15, 0.2) is 5.16 Å². The van der Waals surface area contributed by atoms with Gasteiger partial charge in [-0.25, -0.2) is 0 Å². The van der Waals surface area contributed by atoms with E-state index in [1.54, 1.807) is 0 Å². The maximum atomic E-state index is 12.0. The smallest absolute Gasteiger partial charge is 0.233 e. The van der Waals surface area contributed by atoms with E-state index in [9.17, 15) is 4.79 Å². The number of aromatic nitrogens is 3. The first-order valence-electron chi connectivity index (χ1n) is 7.43. The van der Waals surface area contributed by atoms with Crippen LogP contribution in [0.5, 0.6) is 0 Å². The first-order valence-corrected chi connectivity index (χ1v) is 8.31. The number of nitrogens with zero attached hydrogens (tertiary/aromatic N) is 3. The number of carbonyl (C=O) groups excluding carboxylic acids is 1. The van der Waals surface area contributed by atoms with E-state index >= 15 is 0 Å². The monoisotopic (exact) mass is 296 g/mol. The molecule has 2 rings (SSSR count). The van der Waals surface area contributed by atoms with Crippen LogP contribution < -0.4 is 5.32 Å². The standard InChI is InChI=1S/C14H24N4OS/c1-5-8-15-13(19)10(4)20-14-17-16-12(9(2)3)18(14)11-6-7-11/h9-11H,5-8H2,1-4H3,(H,15,19). The molecule has 1 atom stereocenters. The zero-order valence-electron chi connectivity index (χ0n) is 12.7. The van der Waals surface area contributed by atoms with Crippen molar-refractivity contribution in [2.75, 3.05) is 6.54 Å². The minimum atomic E-state index is -0.136. The summed E-state index contributed by atoms with van der Waals surface area (Å²) in [7, 11) is 0. The zero-order valence-corrected chi connectivity index (χ0v) is 13.5. The van der Waals surface area contributed by atoms with Gasteiger partial charge in [0.15, 0.2) is 5.16 Å². The molecule has 1 unspecified atom stereocenters. The summed E-state index contributed by atoms with van der Waals surface area (Å²) in [5.74, 6) is 1.48. The second-order valence-electron chi connectivity index (χ2n) is 5.65. The fourth-order valence-corrected chi connectivity index (χ4v) is 2.99. The van der Waals surface area contributed by atoms with Gasteiger partial charge >= 0.3 is 0 Å². The van der Waals surface area contributed by atoms with Crippen LogP contribution in [0.25, 0.3) is 0 Å². The highest BCUT2D eigenvalue weighted by atomic mass is 32.2. The lowest BCUT2D eigenvalue weighted by molar-refractivity contribution is -0.120. The quantitative estimate of drug-likeness (QED) is 0.786. The minimum absolute atomic E-state index is 0.0771. The summed E-state index contributed by atoms with van der Waals surface area (Å²) in [5, 5.41) is 12.3. The maximum Gasteiger partial charge on any atom is 0.233 e. The third-order valence-electron chi connectivity index (χ3n) is 3.32. The van der Waals surface area contributed by atoms with E-state index in [1.807, 2.05) is 6.92 Å². The summed E-state index contributed by atoms with van der Waals surface area (Å²) in [4.78, 5) is 12.0. The number of carbonyl (C=O) groups is 1. The molecular weight excluding hydrogens is 272 g/mol. The average Bonchev–Trinajstić information content (AvgIpc) is 3.16. The molecule has 0 spiro atoms. The van der Waals surface area contributed by atoms with Crippen molar-refractivity contribution in [1.29, 1.82) is 0 Å². The normalized spacial score (nSPS) is 16.4. The van der Waals surface area contributed by atoms with E-state index < -0.39 is 0 Å². The predicted octanol–water partition coefficient (Wildman–Crippen LogP) is 2.74. The molecule has 1 amide bonds. The van der Waals surface area contributed by atoms with Gasteiger partial charge in [0.25, 0.3) is 0 Å². The Hall–Kier alpha value is -1.04. The summed E-state index contributed by atoms with van der Waals surface area (Å²) < 4.78 is 2.24. The number of amides is 1. The van der Waals surface area contributed by atoms with E-state index in [1.165, 1.54) is 24.6 Å². The lowest BCUT2D eigenvalue weighted by Crippen LogP contribution is -2.31. The predicted molar refractivity (Wildman–Crippen MR) is 81.0 cm³/mol. The molecule has 1 aromatic heterocycles. The van der Waals surface area contributed by atoms with E-state index in [-0.39, 0.29) is 11.2 Å². The van der Waals surface area contributed by atoms with Crippen LogP contribution in [0.4, 0.5) is 0 Å². The van der Waals surface area contributed by atoms with Crippen LogP contribution >= 0.6 is 11.8 Å². The Balaban J connectivity index is 2.07. The van der Waals surface area contributed by atoms with Crippen molar-refractivity contribution in [3.63, 3.8) is 0 Å². The molecular formula is C14H24N4OS. The van der Waals surface area contributed by atoms with Crippen molar-refractivity contribution in [1.82, 2.24) is 20.1 Å². The second kappa shape index (κ2) is 6.61. The molecule has 5 nitrogen and oxygen atoms in total. The van der Waals surface area contributed by atoms with Gasteiger partial charge in [0, 0.05) is 18.5 Å². The summed E-state index contributed by atoms with van der Waals surface area (Å²) >= 11 is 1.51. The molecule has 0 saturated heterocycles. The van der Waals surface area contributed by atoms with Gasteiger partial charge in [-0.15, -0.1) is 10.2 Å². The van der Waals surface area contributed by atoms with Gasteiger partial charge in [0.05, 0.1) is 5.25 Å². The van der Waals surface area contributed by atoms with Gasteiger partial charge in [-0.1, -0.05) is 32.5 Å². The Morgan fingerprint density at radius 2 is 2.10 bits per heavy atom. The molecule has 1 fully saturated rings. The van der Waals surface area contributed by atoms with E-state index in [0.717, 1.165) is 23.9 Å². The van der Waals surface area contributed by atoms with Crippen molar-refractivity contribution in [3.8, 4) is 0 Å². The van der Waals surface area contributed by atoms with Crippen molar-refractivity contribution in [3.05, 3.63) is 5.82 Å². The van der Waals surface area contributed by atoms with Crippen LogP contribution in [-0.2, 0) is 4.79 Å².